The van der Waals surface area contributed by atoms with Crippen LogP contribution in [-0.4, -0.2) is 47.2 Å². The fourth-order valence-electron chi connectivity index (χ4n) is 3.85. The highest BCUT2D eigenvalue weighted by Crippen LogP contribution is 2.29. The van der Waals surface area contributed by atoms with E-state index in [0.717, 1.165) is 55.0 Å². The standard InChI is InChI=1S/C21H27N5O3/c1-25-11-9-22-19(25)7-8-23-20(27)12-15-4-3-10-26(14-15)21-24-17-13-16(28-2)5-6-18(17)29-21/h5-6,9,11,13,15H,3-4,7-8,10,12,14H2,1-2H3,(H,23,27). The fraction of sp³-hybridized carbons (Fsp3) is 0.476. The molecule has 8 nitrogen and oxygen atoms in total. The van der Waals surface area contributed by atoms with Crippen LogP contribution in [0.5, 0.6) is 5.75 Å². The van der Waals surface area contributed by atoms with E-state index in [9.17, 15) is 4.79 Å². The van der Waals surface area contributed by atoms with Crippen LogP contribution in [0.25, 0.3) is 11.1 Å². The molecule has 1 amide bonds. The number of fused-ring (bicyclic) bond motifs is 1. The summed E-state index contributed by atoms with van der Waals surface area (Å²) in [6.07, 6.45) is 7.00. The number of oxazole rings is 1. The van der Waals surface area contributed by atoms with E-state index >= 15 is 0 Å². The van der Waals surface area contributed by atoms with E-state index in [0.29, 0.717) is 24.9 Å². The Morgan fingerprint density at radius 1 is 1.41 bits per heavy atom. The molecule has 1 fully saturated rings. The maximum atomic E-state index is 12.4. The van der Waals surface area contributed by atoms with Crippen LogP contribution in [0.1, 0.15) is 25.1 Å². The highest BCUT2D eigenvalue weighted by Gasteiger charge is 2.25. The minimum Gasteiger partial charge on any atom is -0.497 e. The Bertz CT molecular complexity index is 980. The Morgan fingerprint density at radius 3 is 3.10 bits per heavy atom. The number of aromatic nitrogens is 3. The number of nitrogens with zero attached hydrogens (tertiary/aromatic N) is 4. The first-order valence-corrected chi connectivity index (χ1v) is 10.0. The number of imidazole rings is 1. The highest BCUT2D eigenvalue weighted by atomic mass is 16.5. The topological polar surface area (TPSA) is 85.4 Å². The van der Waals surface area contributed by atoms with Crippen molar-refractivity contribution in [3.63, 3.8) is 0 Å². The Kier molecular flexibility index (Phi) is 5.69. The van der Waals surface area contributed by atoms with E-state index in [2.05, 4.69) is 20.2 Å². The third-order valence-electron chi connectivity index (χ3n) is 5.44. The lowest BCUT2D eigenvalue weighted by molar-refractivity contribution is -0.122. The van der Waals surface area contributed by atoms with E-state index in [-0.39, 0.29) is 5.91 Å². The molecule has 8 heteroatoms. The summed E-state index contributed by atoms with van der Waals surface area (Å²) in [4.78, 5) is 23.4. The summed E-state index contributed by atoms with van der Waals surface area (Å²) in [6.45, 7) is 2.27. The van der Waals surface area contributed by atoms with Crippen molar-refractivity contribution in [3.05, 3.63) is 36.4 Å². The van der Waals surface area contributed by atoms with Gasteiger partial charge >= 0.3 is 0 Å². The lowest BCUT2D eigenvalue weighted by Gasteiger charge is -2.31. The second kappa shape index (κ2) is 8.55. The van der Waals surface area contributed by atoms with Crippen LogP contribution < -0.4 is 15.0 Å². The van der Waals surface area contributed by atoms with Gasteiger partial charge in [-0.25, -0.2) is 4.98 Å². The second-order valence-corrected chi connectivity index (χ2v) is 7.54. The van der Waals surface area contributed by atoms with E-state index in [1.165, 1.54) is 0 Å². The number of ether oxygens (including phenoxy) is 1. The Hall–Kier alpha value is -3.03. The minimum absolute atomic E-state index is 0.0911. The third-order valence-corrected chi connectivity index (χ3v) is 5.44. The predicted octanol–water partition coefficient (Wildman–Crippen LogP) is 2.54. The van der Waals surface area contributed by atoms with E-state index in [1.807, 2.05) is 36.0 Å². The van der Waals surface area contributed by atoms with Crippen molar-refractivity contribution in [1.29, 1.82) is 0 Å². The maximum Gasteiger partial charge on any atom is 0.298 e. The molecule has 2 aromatic heterocycles. The molecule has 0 spiro atoms. The normalized spacial score (nSPS) is 16.9. The van der Waals surface area contributed by atoms with Gasteiger partial charge in [-0.3, -0.25) is 4.79 Å². The molecule has 4 rings (SSSR count). The molecule has 0 bridgehead atoms. The molecule has 0 aliphatic carbocycles. The molecule has 1 saturated heterocycles. The zero-order chi connectivity index (χ0) is 20.2. The summed E-state index contributed by atoms with van der Waals surface area (Å²) in [6, 6.07) is 6.24. The van der Waals surface area contributed by atoms with Crippen molar-refractivity contribution in [1.82, 2.24) is 19.9 Å². The summed E-state index contributed by atoms with van der Waals surface area (Å²) < 4.78 is 13.2. The molecule has 1 unspecified atom stereocenters. The first-order chi connectivity index (χ1) is 14.1. The number of nitrogens with one attached hydrogen (secondary N) is 1. The van der Waals surface area contributed by atoms with Gasteiger partial charge in [-0.1, -0.05) is 0 Å². The summed E-state index contributed by atoms with van der Waals surface area (Å²) in [5, 5.41) is 3.02. The fourth-order valence-corrected chi connectivity index (χ4v) is 3.85. The van der Waals surface area contributed by atoms with Gasteiger partial charge in [-0.15, -0.1) is 0 Å². The molecule has 1 N–H and O–H groups in total. The van der Waals surface area contributed by atoms with Gasteiger partial charge in [-0.05, 0) is 30.9 Å². The Morgan fingerprint density at radius 2 is 2.31 bits per heavy atom. The van der Waals surface area contributed by atoms with Crippen LogP contribution in [0.4, 0.5) is 6.01 Å². The average Bonchev–Trinajstić information content (AvgIpc) is 3.33. The average molecular weight is 397 g/mol. The minimum atomic E-state index is 0.0911. The van der Waals surface area contributed by atoms with Crippen LogP contribution in [0, 0.1) is 5.92 Å². The Balaban J connectivity index is 1.31. The number of amides is 1. The van der Waals surface area contributed by atoms with Gasteiger partial charge in [0.15, 0.2) is 5.58 Å². The van der Waals surface area contributed by atoms with Crippen LogP contribution in [-0.2, 0) is 18.3 Å². The predicted molar refractivity (Wildman–Crippen MR) is 110 cm³/mol. The van der Waals surface area contributed by atoms with Gasteiger partial charge in [0.05, 0.1) is 7.11 Å². The van der Waals surface area contributed by atoms with Crippen LogP contribution >= 0.6 is 0 Å². The quantitative estimate of drug-likeness (QED) is 0.659. The van der Waals surface area contributed by atoms with E-state index < -0.39 is 0 Å². The van der Waals surface area contributed by atoms with Gasteiger partial charge in [0.25, 0.3) is 6.01 Å². The summed E-state index contributed by atoms with van der Waals surface area (Å²) in [5.41, 5.74) is 1.53. The van der Waals surface area contributed by atoms with Crippen molar-refractivity contribution in [3.8, 4) is 5.75 Å². The molecule has 29 heavy (non-hydrogen) atoms. The number of rotatable bonds is 7. The lowest BCUT2D eigenvalue weighted by atomic mass is 9.94. The number of anilines is 1. The lowest BCUT2D eigenvalue weighted by Crippen LogP contribution is -2.38. The third kappa shape index (κ3) is 4.52. The van der Waals surface area contributed by atoms with Crippen molar-refractivity contribution < 1.29 is 13.9 Å². The number of aryl methyl sites for hydroxylation is 1. The van der Waals surface area contributed by atoms with Gasteiger partial charge in [0, 0.05) is 58.0 Å². The summed E-state index contributed by atoms with van der Waals surface area (Å²) in [5.74, 6) is 2.12. The largest absolute Gasteiger partial charge is 0.497 e. The molecule has 3 heterocycles. The van der Waals surface area contributed by atoms with Gasteiger partial charge in [-0.2, -0.15) is 4.98 Å². The number of carbonyl (C=O) groups is 1. The molecule has 0 radical (unpaired) electrons. The monoisotopic (exact) mass is 397 g/mol. The number of benzene rings is 1. The zero-order valence-corrected chi connectivity index (χ0v) is 16.9. The summed E-state index contributed by atoms with van der Waals surface area (Å²) in [7, 11) is 3.60. The van der Waals surface area contributed by atoms with Crippen LogP contribution in [0.15, 0.2) is 35.0 Å². The summed E-state index contributed by atoms with van der Waals surface area (Å²) >= 11 is 0. The van der Waals surface area contributed by atoms with Gasteiger partial charge in [0.1, 0.15) is 17.1 Å². The molecule has 0 saturated carbocycles. The van der Waals surface area contributed by atoms with Crippen molar-refractivity contribution >= 4 is 23.0 Å². The highest BCUT2D eigenvalue weighted by molar-refractivity contribution is 5.77. The van der Waals surface area contributed by atoms with Crippen molar-refractivity contribution in [2.75, 3.05) is 31.6 Å². The van der Waals surface area contributed by atoms with E-state index in [1.54, 1.807) is 13.3 Å². The molecule has 3 aromatic rings. The van der Waals surface area contributed by atoms with Gasteiger partial charge < -0.3 is 23.9 Å². The number of piperidine rings is 1. The number of hydrogen-bond donors (Lipinski definition) is 1. The first-order valence-electron chi connectivity index (χ1n) is 10.0. The second-order valence-electron chi connectivity index (χ2n) is 7.54. The first kappa shape index (κ1) is 19.3. The molecular weight excluding hydrogens is 370 g/mol. The number of hydrogen-bond acceptors (Lipinski definition) is 6. The maximum absolute atomic E-state index is 12.4. The molecule has 1 aromatic carbocycles. The molecule has 154 valence electrons. The molecule has 1 aliphatic heterocycles. The van der Waals surface area contributed by atoms with Gasteiger partial charge in [0.2, 0.25) is 5.91 Å². The smallest absolute Gasteiger partial charge is 0.298 e. The van der Waals surface area contributed by atoms with Crippen LogP contribution in [0.3, 0.4) is 0 Å². The van der Waals surface area contributed by atoms with Crippen molar-refractivity contribution in [2.45, 2.75) is 25.7 Å². The zero-order valence-electron chi connectivity index (χ0n) is 16.9. The molecule has 1 atom stereocenters. The SMILES string of the molecule is COc1ccc2oc(N3CCCC(CC(=O)NCCc4nccn4C)C3)nc2c1. The molecular formula is C21H27N5O3. The Labute approximate surface area is 169 Å². The number of methoxy groups -OCH3 is 1. The van der Waals surface area contributed by atoms with E-state index in [4.69, 9.17) is 9.15 Å². The van der Waals surface area contributed by atoms with Crippen molar-refractivity contribution in [2.24, 2.45) is 13.0 Å². The number of carbonyl (C=O) groups excluding carboxylic acids is 1. The molecule has 1 aliphatic rings. The van der Waals surface area contributed by atoms with Crippen LogP contribution in [0.2, 0.25) is 0 Å².